The van der Waals surface area contributed by atoms with Crippen LogP contribution in [-0.4, -0.2) is 7.11 Å². The third-order valence-electron chi connectivity index (χ3n) is 2.55. The van der Waals surface area contributed by atoms with Crippen molar-refractivity contribution in [2.75, 3.05) is 18.6 Å². The second-order valence-electron chi connectivity index (χ2n) is 4.12. The number of rotatable bonds is 4. The van der Waals surface area contributed by atoms with Gasteiger partial charge in [-0.2, -0.15) is 10.2 Å². The van der Waals surface area contributed by atoms with E-state index in [1.807, 2.05) is 24.3 Å². The minimum atomic E-state index is 0.441. The van der Waals surface area contributed by atoms with Crippen LogP contribution in [0.4, 0.5) is 22.7 Å². The molecule has 0 aliphatic carbocycles. The number of nitrogens with zero attached hydrogens (tertiary/aromatic N) is 2. The number of nitrogens with two attached hydrogens (primary N) is 2. The smallest absolute Gasteiger partial charge is 0.0913 e. The third-order valence-corrected chi connectivity index (χ3v) is 2.55. The molecule has 0 bridgehead atoms. The van der Waals surface area contributed by atoms with Gasteiger partial charge in [-0.05, 0) is 36.4 Å². The van der Waals surface area contributed by atoms with Gasteiger partial charge in [0, 0.05) is 24.0 Å². The van der Waals surface area contributed by atoms with Crippen LogP contribution < -0.4 is 11.5 Å². The van der Waals surface area contributed by atoms with Crippen molar-refractivity contribution in [3.8, 4) is 0 Å². The van der Waals surface area contributed by atoms with Gasteiger partial charge in [-0.3, -0.25) is 0 Å². The Morgan fingerprint density at radius 2 is 1.79 bits per heavy atom. The summed E-state index contributed by atoms with van der Waals surface area (Å²) < 4.78 is 5.12. The summed E-state index contributed by atoms with van der Waals surface area (Å²) in [6.45, 7) is 0.441. The van der Waals surface area contributed by atoms with E-state index >= 15 is 0 Å². The quantitative estimate of drug-likeness (QED) is 0.649. The van der Waals surface area contributed by atoms with E-state index in [1.54, 1.807) is 25.3 Å². The molecule has 19 heavy (non-hydrogen) atoms. The summed E-state index contributed by atoms with van der Waals surface area (Å²) in [6, 6.07) is 12.7. The Bertz CT molecular complexity index is 596. The molecule has 98 valence electrons. The third kappa shape index (κ3) is 3.53. The van der Waals surface area contributed by atoms with E-state index in [1.165, 1.54) is 0 Å². The van der Waals surface area contributed by atoms with Gasteiger partial charge in [-0.1, -0.05) is 6.07 Å². The van der Waals surface area contributed by atoms with E-state index < -0.39 is 0 Å². The van der Waals surface area contributed by atoms with Crippen molar-refractivity contribution in [3.63, 3.8) is 0 Å². The minimum absolute atomic E-state index is 0.441. The Morgan fingerprint density at radius 1 is 1.00 bits per heavy atom. The first-order valence-electron chi connectivity index (χ1n) is 5.83. The molecule has 0 saturated carbocycles. The highest BCUT2D eigenvalue weighted by Crippen LogP contribution is 2.25. The molecule has 0 spiro atoms. The number of ether oxygens (including phenoxy) is 1. The van der Waals surface area contributed by atoms with Crippen molar-refractivity contribution in [3.05, 3.63) is 48.0 Å². The lowest BCUT2D eigenvalue weighted by Gasteiger charge is -2.04. The first-order chi connectivity index (χ1) is 9.19. The normalized spacial score (nSPS) is 11.0. The molecule has 0 unspecified atom stereocenters. The maximum absolute atomic E-state index is 5.74. The Labute approximate surface area is 111 Å². The van der Waals surface area contributed by atoms with Crippen LogP contribution in [0.5, 0.6) is 0 Å². The van der Waals surface area contributed by atoms with Crippen LogP contribution in [-0.2, 0) is 11.3 Å². The first-order valence-corrected chi connectivity index (χ1v) is 5.83. The van der Waals surface area contributed by atoms with Crippen LogP contribution in [0.3, 0.4) is 0 Å². The summed E-state index contributed by atoms with van der Waals surface area (Å²) >= 11 is 0. The fourth-order valence-corrected chi connectivity index (χ4v) is 1.67. The molecule has 2 rings (SSSR count). The van der Waals surface area contributed by atoms with Crippen LogP contribution in [0.1, 0.15) is 5.56 Å². The summed E-state index contributed by atoms with van der Waals surface area (Å²) in [5, 5.41) is 8.37. The molecule has 0 aliphatic heterocycles. The average molecular weight is 256 g/mol. The second-order valence-corrected chi connectivity index (χ2v) is 4.12. The molecule has 5 nitrogen and oxygen atoms in total. The molecule has 0 radical (unpaired) electrons. The number of hydrogen-bond acceptors (Lipinski definition) is 5. The number of nitrogen functional groups attached to an aromatic ring is 2. The van der Waals surface area contributed by atoms with Crippen LogP contribution in [0.25, 0.3) is 0 Å². The van der Waals surface area contributed by atoms with Gasteiger partial charge in [0.05, 0.1) is 18.0 Å². The van der Waals surface area contributed by atoms with Crippen LogP contribution in [0.15, 0.2) is 52.7 Å². The molecule has 0 aliphatic rings. The van der Waals surface area contributed by atoms with Gasteiger partial charge in [0.15, 0.2) is 0 Å². The predicted molar refractivity (Wildman–Crippen MR) is 76.6 cm³/mol. The largest absolute Gasteiger partial charge is 0.399 e. The molecule has 0 aromatic heterocycles. The summed E-state index contributed by atoms with van der Waals surface area (Å²) in [6.07, 6.45) is 0. The molecular formula is C14H16N4O. The van der Waals surface area contributed by atoms with Gasteiger partial charge >= 0.3 is 0 Å². The standard InChI is InChI=1S/C14H16N4O/c1-19-9-10-7-12(16)5-6-14(10)18-17-13-4-2-3-11(15)8-13/h2-8H,9,15-16H2,1H3. The Balaban J connectivity index is 2.27. The van der Waals surface area contributed by atoms with Gasteiger partial charge in [-0.25, -0.2) is 0 Å². The van der Waals surface area contributed by atoms with Crippen molar-refractivity contribution in [2.45, 2.75) is 6.61 Å². The monoisotopic (exact) mass is 256 g/mol. The van der Waals surface area contributed by atoms with Crippen LogP contribution in [0, 0.1) is 0 Å². The van der Waals surface area contributed by atoms with Gasteiger partial charge in [0.25, 0.3) is 0 Å². The molecule has 0 saturated heterocycles. The van der Waals surface area contributed by atoms with Gasteiger partial charge in [-0.15, -0.1) is 0 Å². The first kappa shape index (κ1) is 13.0. The summed E-state index contributed by atoms with van der Waals surface area (Å²) in [4.78, 5) is 0. The highest BCUT2D eigenvalue weighted by Gasteiger charge is 2.02. The van der Waals surface area contributed by atoms with E-state index in [-0.39, 0.29) is 0 Å². The van der Waals surface area contributed by atoms with Crippen molar-refractivity contribution in [2.24, 2.45) is 10.2 Å². The molecule has 0 fully saturated rings. The highest BCUT2D eigenvalue weighted by atomic mass is 16.5. The Kier molecular flexibility index (Phi) is 4.10. The second kappa shape index (κ2) is 5.97. The van der Waals surface area contributed by atoms with Gasteiger partial charge < -0.3 is 16.2 Å². The van der Waals surface area contributed by atoms with E-state index in [2.05, 4.69) is 10.2 Å². The topological polar surface area (TPSA) is 86.0 Å². The maximum Gasteiger partial charge on any atom is 0.0913 e. The zero-order valence-electron chi connectivity index (χ0n) is 10.7. The maximum atomic E-state index is 5.74. The number of methoxy groups -OCH3 is 1. The van der Waals surface area contributed by atoms with E-state index in [4.69, 9.17) is 16.2 Å². The van der Waals surface area contributed by atoms with Gasteiger partial charge in [0.1, 0.15) is 0 Å². The van der Waals surface area contributed by atoms with Crippen molar-refractivity contribution < 1.29 is 4.74 Å². The van der Waals surface area contributed by atoms with Gasteiger partial charge in [0.2, 0.25) is 0 Å². The lowest BCUT2D eigenvalue weighted by Crippen LogP contribution is -1.91. The van der Waals surface area contributed by atoms with E-state index in [9.17, 15) is 0 Å². The zero-order valence-corrected chi connectivity index (χ0v) is 10.7. The summed E-state index contributed by atoms with van der Waals surface area (Å²) in [7, 11) is 1.63. The fraction of sp³-hybridized carbons (Fsp3) is 0.143. The number of hydrogen-bond donors (Lipinski definition) is 2. The summed E-state index contributed by atoms with van der Waals surface area (Å²) in [5.74, 6) is 0. The van der Waals surface area contributed by atoms with Crippen molar-refractivity contribution >= 4 is 22.7 Å². The van der Waals surface area contributed by atoms with Crippen LogP contribution >= 0.6 is 0 Å². The van der Waals surface area contributed by atoms with E-state index in [0.717, 1.165) is 11.3 Å². The molecular weight excluding hydrogens is 240 g/mol. The molecule has 4 N–H and O–H groups in total. The van der Waals surface area contributed by atoms with E-state index in [0.29, 0.717) is 23.7 Å². The summed E-state index contributed by atoms with van der Waals surface area (Å²) in [5.41, 5.74) is 15.1. The predicted octanol–water partition coefficient (Wildman–Crippen LogP) is 3.41. The molecule has 0 atom stereocenters. The lowest BCUT2D eigenvalue weighted by atomic mass is 10.2. The highest BCUT2D eigenvalue weighted by molar-refractivity contribution is 5.55. The Hall–Kier alpha value is -2.40. The fourth-order valence-electron chi connectivity index (χ4n) is 1.67. The average Bonchev–Trinajstić information content (AvgIpc) is 2.38. The number of benzene rings is 2. The molecule has 0 heterocycles. The Morgan fingerprint density at radius 3 is 2.53 bits per heavy atom. The van der Waals surface area contributed by atoms with Crippen molar-refractivity contribution in [1.82, 2.24) is 0 Å². The number of anilines is 2. The molecule has 2 aromatic carbocycles. The lowest BCUT2D eigenvalue weighted by molar-refractivity contribution is 0.185. The zero-order chi connectivity index (χ0) is 13.7. The number of azo groups is 1. The SMILES string of the molecule is COCc1cc(N)ccc1N=Nc1cccc(N)c1. The molecule has 2 aromatic rings. The van der Waals surface area contributed by atoms with Crippen molar-refractivity contribution in [1.29, 1.82) is 0 Å². The minimum Gasteiger partial charge on any atom is -0.399 e. The molecule has 0 amide bonds. The van der Waals surface area contributed by atoms with Crippen LogP contribution in [0.2, 0.25) is 0 Å². The molecule has 5 heteroatoms.